The van der Waals surface area contributed by atoms with Gasteiger partial charge in [-0.2, -0.15) is 0 Å². The van der Waals surface area contributed by atoms with Gasteiger partial charge in [0.15, 0.2) is 0 Å². The van der Waals surface area contributed by atoms with Gasteiger partial charge < -0.3 is 0 Å². The molecule has 0 saturated heterocycles. The number of hydrogen-bond acceptors (Lipinski definition) is 2. The Kier molecular flexibility index (Phi) is 7.97. The van der Waals surface area contributed by atoms with Gasteiger partial charge in [0.05, 0.1) is 6.54 Å². The van der Waals surface area contributed by atoms with Crippen molar-refractivity contribution in [3.05, 3.63) is 0 Å². The summed E-state index contributed by atoms with van der Waals surface area (Å²) in [7, 11) is 0. The molecular weight excluding hydrogens is 148 g/mol. The second kappa shape index (κ2) is 8.44. The first-order chi connectivity index (χ1) is 5.77. The van der Waals surface area contributed by atoms with Crippen molar-refractivity contribution in [2.75, 3.05) is 13.1 Å². The minimum Gasteiger partial charge on any atom is -0.296 e. The van der Waals surface area contributed by atoms with Crippen LogP contribution >= 0.6 is 0 Å². The second-order valence-electron chi connectivity index (χ2n) is 3.23. The zero-order valence-corrected chi connectivity index (χ0v) is 8.45. The molecule has 0 bridgehead atoms. The molecule has 0 amide bonds. The summed E-state index contributed by atoms with van der Waals surface area (Å²) < 4.78 is 0. The van der Waals surface area contributed by atoms with Crippen LogP contribution in [0.4, 0.5) is 0 Å². The SMILES string of the molecule is CCC=NCC=NCCC(C)C. The van der Waals surface area contributed by atoms with Crippen molar-refractivity contribution in [3.63, 3.8) is 0 Å². The van der Waals surface area contributed by atoms with Crippen LogP contribution in [0, 0.1) is 5.92 Å². The van der Waals surface area contributed by atoms with Crippen molar-refractivity contribution in [2.45, 2.75) is 33.6 Å². The molecule has 0 aromatic heterocycles. The summed E-state index contributed by atoms with van der Waals surface area (Å²) in [5, 5.41) is 0. The monoisotopic (exact) mass is 168 g/mol. The lowest BCUT2D eigenvalue weighted by Gasteiger charge is -1.98. The molecule has 0 N–H and O–H groups in total. The van der Waals surface area contributed by atoms with Gasteiger partial charge in [-0.05, 0) is 25.0 Å². The summed E-state index contributed by atoms with van der Waals surface area (Å²) in [4.78, 5) is 8.38. The van der Waals surface area contributed by atoms with E-state index < -0.39 is 0 Å². The summed E-state index contributed by atoms with van der Waals surface area (Å²) in [6.45, 7) is 8.19. The zero-order valence-electron chi connectivity index (χ0n) is 8.45. The predicted octanol–water partition coefficient (Wildman–Crippen LogP) is 2.58. The summed E-state index contributed by atoms with van der Waals surface area (Å²) >= 11 is 0. The number of nitrogens with zero attached hydrogens (tertiary/aromatic N) is 2. The highest BCUT2D eigenvalue weighted by Gasteiger charge is 1.89. The van der Waals surface area contributed by atoms with Crippen molar-refractivity contribution < 1.29 is 0 Å². The predicted molar refractivity (Wildman–Crippen MR) is 56.5 cm³/mol. The minimum absolute atomic E-state index is 0.742. The third kappa shape index (κ3) is 9.34. The third-order valence-corrected chi connectivity index (χ3v) is 1.46. The highest BCUT2D eigenvalue weighted by molar-refractivity contribution is 5.64. The standard InChI is InChI=1S/C10H20N2/c1-4-6-11-8-9-12-7-5-10(2)3/h6,9-10H,4-5,7-8H2,1-3H3. The Balaban J connectivity index is 3.20. The average Bonchev–Trinajstić information content (AvgIpc) is 2.02. The van der Waals surface area contributed by atoms with Gasteiger partial charge >= 0.3 is 0 Å². The van der Waals surface area contributed by atoms with Crippen LogP contribution in [0.2, 0.25) is 0 Å². The van der Waals surface area contributed by atoms with Crippen LogP contribution in [0.3, 0.4) is 0 Å². The average molecular weight is 168 g/mol. The largest absolute Gasteiger partial charge is 0.296 e. The quantitative estimate of drug-likeness (QED) is 0.545. The fourth-order valence-electron chi connectivity index (χ4n) is 0.733. The van der Waals surface area contributed by atoms with Crippen LogP contribution in [0.25, 0.3) is 0 Å². The molecule has 0 heterocycles. The number of rotatable bonds is 6. The van der Waals surface area contributed by atoms with E-state index in [9.17, 15) is 0 Å². The molecule has 0 rings (SSSR count). The van der Waals surface area contributed by atoms with Crippen molar-refractivity contribution in [1.29, 1.82) is 0 Å². The summed E-state index contributed by atoms with van der Waals surface area (Å²) in [6.07, 6.45) is 6.01. The summed E-state index contributed by atoms with van der Waals surface area (Å²) in [5.74, 6) is 0.751. The molecule has 0 unspecified atom stereocenters. The highest BCUT2D eigenvalue weighted by Crippen LogP contribution is 1.97. The third-order valence-electron chi connectivity index (χ3n) is 1.46. The maximum atomic E-state index is 4.24. The van der Waals surface area contributed by atoms with Crippen LogP contribution in [0.15, 0.2) is 9.98 Å². The number of aliphatic imine (C=N–C) groups is 2. The normalized spacial score (nSPS) is 12.3. The molecule has 0 atom stereocenters. The Morgan fingerprint density at radius 2 is 1.92 bits per heavy atom. The van der Waals surface area contributed by atoms with Gasteiger partial charge in [0, 0.05) is 12.8 Å². The van der Waals surface area contributed by atoms with E-state index in [0.29, 0.717) is 0 Å². The lowest BCUT2D eigenvalue weighted by atomic mass is 10.1. The Bertz CT molecular complexity index is 137. The van der Waals surface area contributed by atoms with Crippen molar-refractivity contribution in [1.82, 2.24) is 0 Å². The Morgan fingerprint density at radius 1 is 1.17 bits per heavy atom. The minimum atomic E-state index is 0.742. The zero-order chi connectivity index (χ0) is 9.23. The van der Waals surface area contributed by atoms with E-state index in [1.54, 1.807) is 0 Å². The smallest absolute Gasteiger partial charge is 0.0733 e. The van der Waals surface area contributed by atoms with Gasteiger partial charge in [0.2, 0.25) is 0 Å². The summed E-state index contributed by atoms with van der Waals surface area (Å²) in [6, 6.07) is 0. The Labute approximate surface area is 75.8 Å². The van der Waals surface area contributed by atoms with E-state index in [1.165, 1.54) is 6.42 Å². The van der Waals surface area contributed by atoms with Gasteiger partial charge in [-0.25, -0.2) is 0 Å². The van der Waals surface area contributed by atoms with E-state index in [2.05, 4.69) is 30.8 Å². The van der Waals surface area contributed by atoms with Crippen molar-refractivity contribution in [3.8, 4) is 0 Å². The molecule has 2 nitrogen and oxygen atoms in total. The van der Waals surface area contributed by atoms with Crippen LogP contribution < -0.4 is 0 Å². The molecule has 0 radical (unpaired) electrons. The molecular formula is C10H20N2. The van der Waals surface area contributed by atoms with E-state index in [0.717, 1.165) is 25.4 Å². The van der Waals surface area contributed by atoms with Crippen LogP contribution in [-0.4, -0.2) is 25.5 Å². The van der Waals surface area contributed by atoms with E-state index in [-0.39, 0.29) is 0 Å². The molecule has 0 fully saturated rings. The molecule has 0 aliphatic rings. The maximum Gasteiger partial charge on any atom is 0.0733 e. The van der Waals surface area contributed by atoms with Crippen molar-refractivity contribution >= 4 is 12.4 Å². The van der Waals surface area contributed by atoms with E-state index >= 15 is 0 Å². The van der Waals surface area contributed by atoms with Crippen LogP contribution in [0.5, 0.6) is 0 Å². The molecule has 2 heteroatoms. The summed E-state index contributed by atoms with van der Waals surface area (Å²) in [5.41, 5.74) is 0. The first-order valence-corrected chi connectivity index (χ1v) is 4.74. The maximum absolute atomic E-state index is 4.24. The van der Waals surface area contributed by atoms with Gasteiger partial charge in [-0.3, -0.25) is 9.98 Å². The molecule has 12 heavy (non-hydrogen) atoms. The highest BCUT2D eigenvalue weighted by atomic mass is 14.8. The lowest BCUT2D eigenvalue weighted by Crippen LogP contribution is -1.91. The van der Waals surface area contributed by atoms with Gasteiger partial charge in [0.25, 0.3) is 0 Å². The lowest BCUT2D eigenvalue weighted by molar-refractivity contribution is 0.597. The first kappa shape index (κ1) is 11.3. The number of hydrogen-bond donors (Lipinski definition) is 0. The van der Waals surface area contributed by atoms with Gasteiger partial charge in [-0.1, -0.05) is 20.8 Å². The molecule has 0 aliphatic heterocycles. The fourth-order valence-corrected chi connectivity index (χ4v) is 0.733. The molecule has 0 aromatic rings. The van der Waals surface area contributed by atoms with Gasteiger partial charge in [0.1, 0.15) is 0 Å². The molecule has 70 valence electrons. The molecule has 0 aliphatic carbocycles. The Morgan fingerprint density at radius 3 is 2.50 bits per heavy atom. The topological polar surface area (TPSA) is 24.7 Å². The van der Waals surface area contributed by atoms with Gasteiger partial charge in [-0.15, -0.1) is 0 Å². The molecule has 0 spiro atoms. The Hall–Kier alpha value is -0.660. The molecule has 0 saturated carbocycles. The fraction of sp³-hybridized carbons (Fsp3) is 0.800. The van der Waals surface area contributed by atoms with Crippen LogP contribution in [-0.2, 0) is 0 Å². The van der Waals surface area contributed by atoms with E-state index in [4.69, 9.17) is 0 Å². The van der Waals surface area contributed by atoms with E-state index in [1.807, 2.05) is 12.4 Å². The van der Waals surface area contributed by atoms with Crippen LogP contribution in [0.1, 0.15) is 33.6 Å². The van der Waals surface area contributed by atoms with Crippen molar-refractivity contribution in [2.24, 2.45) is 15.9 Å². The molecule has 0 aromatic carbocycles. The second-order valence-corrected chi connectivity index (χ2v) is 3.23. The first-order valence-electron chi connectivity index (χ1n) is 4.74.